The molecule has 3 aromatic rings. The van der Waals surface area contributed by atoms with Crippen LogP contribution in [0, 0.1) is 5.82 Å². The van der Waals surface area contributed by atoms with Crippen LogP contribution in [0.4, 0.5) is 9.18 Å². The van der Waals surface area contributed by atoms with Crippen LogP contribution in [0.25, 0.3) is 10.9 Å². The molecule has 0 saturated carbocycles. The van der Waals surface area contributed by atoms with Crippen LogP contribution in [0.2, 0.25) is 21.2 Å². The molecule has 1 unspecified atom stereocenters. The Kier molecular flexibility index (Phi) is 5.69. The Labute approximate surface area is 206 Å². The minimum atomic E-state index is -1.10. The third kappa shape index (κ3) is 3.44. The molecule has 6 nitrogen and oxygen atoms in total. The molecule has 0 aliphatic carbocycles. The van der Waals surface area contributed by atoms with Crippen molar-refractivity contribution in [2.24, 2.45) is 0 Å². The predicted octanol–water partition coefficient (Wildman–Crippen LogP) is 5.48. The van der Waals surface area contributed by atoms with E-state index in [0.717, 1.165) is 21.4 Å². The molecule has 2 aliphatic heterocycles. The summed E-state index contributed by atoms with van der Waals surface area (Å²) in [7, 11) is 0. The van der Waals surface area contributed by atoms with Crippen molar-refractivity contribution < 1.29 is 19.1 Å². The summed E-state index contributed by atoms with van der Waals surface area (Å²) in [4.78, 5) is 33.8. The van der Waals surface area contributed by atoms with Gasteiger partial charge in [0.1, 0.15) is 0 Å². The number of hydrogen-bond acceptors (Lipinski definition) is 3. The number of nitrogens with zero attached hydrogens (tertiary/aromatic N) is 2. The van der Waals surface area contributed by atoms with E-state index in [0.29, 0.717) is 29.7 Å². The standard InChI is InChI=1S/C25H26AsClFN3O3/c1-4-26(3)8-9-30-23(33)25(2)13-17-16-11-18(27)19(28)12-20(16)29-21(17)22(31(25)24(30)34)14-6-5-7-15(32)10-14/h5-7,10-12,22,29,32H,4,8-9,13H2,1-3H3/t22-,25+,26?/m1/s1. The maximum absolute atomic E-state index is 14.2. The summed E-state index contributed by atoms with van der Waals surface area (Å²) in [6.45, 7) is 4.38. The second-order valence-corrected chi connectivity index (χ2v) is 15.5. The number of fused-ring (bicyclic) bond motifs is 4. The Morgan fingerprint density at radius 3 is 2.76 bits per heavy atom. The number of benzene rings is 2. The number of aromatic amines is 1. The fourth-order valence-corrected chi connectivity index (χ4v) is 7.14. The van der Waals surface area contributed by atoms with Gasteiger partial charge in [-0.05, 0) is 0 Å². The molecule has 2 aliphatic rings. The van der Waals surface area contributed by atoms with Crippen LogP contribution in [-0.4, -0.2) is 58.6 Å². The summed E-state index contributed by atoms with van der Waals surface area (Å²) in [5.74, 6) is -0.690. The Balaban J connectivity index is 1.69. The molecule has 178 valence electrons. The number of aromatic nitrogens is 1. The summed E-state index contributed by atoms with van der Waals surface area (Å²) in [5.41, 5.74) is 3.92. The van der Waals surface area contributed by atoms with Gasteiger partial charge in [0.25, 0.3) is 0 Å². The van der Waals surface area contributed by atoms with Crippen molar-refractivity contribution in [2.45, 2.75) is 48.0 Å². The van der Waals surface area contributed by atoms with E-state index in [9.17, 15) is 19.1 Å². The van der Waals surface area contributed by atoms with Gasteiger partial charge >= 0.3 is 207 Å². The normalized spacial score (nSPS) is 22.9. The van der Waals surface area contributed by atoms with Crippen LogP contribution in [0.3, 0.4) is 0 Å². The number of nitrogens with one attached hydrogen (secondary N) is 1. The molecule has 1 aromatic heterocycles. The number of H-pyrrole nitrogens is 1. The van der Waals surface area contributed by atoms with Crippen molar-refractivity contribution in [3.8, 4) is 5.75 Å². The molecule has 0 radical (unpaired) electrons. The first-order valence-corrected chi connectivity index (χ1v) is 16.2. The van der Waals surface area contributed by atoms with Crippen molar-refractivity contribution in [3.63, 3.8) is 0 Å². The van der Waals surface area contributed by atoms with Crippen molar-refractivity contribution in [1.29, 1.82) is 0 Å². The molecule has 3 heterocycles. The zero-order chi connectivity index (χ0) is 24.4. The van der Waals surface area contributed by atoms with Crippen LogP contribution < -0.4 is 0 Å². The van der Waals surface area contributed by atoms with E-state index in [-0.39, 0.29) is 22.7 Å². The molecule has 2 aromatic carbocycles. The SMILES string of the molecule is CC[As](C)CCN1C(=O)N2[C@H](c3cccc(O)c3)c3[nH]c4cc(F)c(Cl)cc4c3C[C@@]2(C)C1=O. The van der Waals surface area contributed by atoms with Crippen LogP contribution in [-0.2, 0) is 11.2 Å². The fourth-order valence-electron chi connectivity index (χ4n) is 5.18. The summed E-state index contributed by atoms with van der Waals surface area (Å²) in [6, 6.07) is 8.66. The van der Waals surface area contributed by atoms with Crippen LogP contribution >= 0.6 is 11.6 Å². The van der Waals surface area contributed by atoms with E-state index >= 15 is 0 Å². The van der Waals surface area contributed by atoms with Crippen LogP contribution in [0.15, 0.2) is 36.4 Å². The molecule has 9 heteroatoms. The average molecular weight is 546 g/mol. The first-order valence-electron chi connectivity index (χ1n) is 11.3. The molecule has 2 N–H and O–H groups in total. The molecule has 1 fully saturated rings. The Morgan fingerprint density at radius 2 is 2.06 bits per heavy atom. The summed E-state index contributed by atoms with van der Waals surface area (Å²) >= 11 is 5.06. The van der Waals surface area contributed by atoms with E-state index in [4.69, 9.17) is 11.6 Å². The number of phenolic OH excluding ortho intramolecular Hbond substituents is 1. The van der Waals surface area contributed by atoms with E-state index in [1.165, 1.54) is 11.0 Å². The molecule has 34 heavy (non-hydrogen) atoms. The summed E-state index contributed by atoms with van der Waals surface area (Å²) in [5, 5.41) is 12.9. The predicted molar refractivity (Wildman–Crippen MR) is 131 cm³/mol. The average Bonchev–Trinajstić information content (AvgIpc) is 3.22. The zero-order valence-corrected chi connectivity index (χ0v) is 21.9. The van der Waals surface area contributed by atoms with Gasteiger partial charge in [-0.15, -0.1) is 0 Å². The molecule has 3 atom stereocenters. The topological polar surface area (TPSA) is 76.6 Å². The summed E-state index contributed by atoms with van der Waals surface area (Å²) < 4.78 is 14.2. The molecule has 0 bridgehead atoms. The molecular formula is C25H26AsClFN3O3. The van der Waals surface area contributed by atoms with Gasteiger partial charge in [-0.2, -0.15) is 0 Å². The maximum atomic E-state index is 14.2. The Hall–Kier alpha value is -2.50. The van der Waals surface area contributed by atoms with E-state index in [1.807, 2.05) is 6.07 Å². The fraction of sp³-hybridized carbons (Fsp3) is 0.360. The van der Waals surface area contributed by atoms with Gasteiger partial charge in [0.05, 0.1) is 0 Å². The van der Waals surface area contributed by atoms with Crippen molar-refractivity contribution in [1.82, 2.24) is 14.8 Å². The third-order valence-electron chi connectivity index (χ3n) is 7.14. The molecular weight excluding hydrogens is 520 g/mol. The Morgan fingerprint density at radius 1 is 1.29 bits per heavy atom. The van der Waals surface area contributed by atoms with E-state index in [2.05, 4.69) is 17.6 Å². The number of rotatable bonds is 5. The number of hydrogen-bond donors (Lipinski definition) is 2. The minimum absolute atomic E-state index is 0.00463. The van der Waals surface area contributed by atoms with Gasteiger partial charge < -0.3 is 0 Å². The first-order chi connectivity index (χ1) is 16.2. The first kappa shape index (κ1) is 23.3. The molecule has 1 saturated heterocycles. The number of carbonyl (C=O) groups excluding carboxylic acids is 2. The molecule has 5 rings (SSSR count). The van der Waals surface area contributed by atoms with Gasteiger partial charge in [0, 0.05) is 0 Å². The number of phenols is 1. The molecule has 0 spiro atoms. The molecule has 3 amide bonds. The van der Waals surface area contributed by atoms with Crippen molar-refractivity contribution in [3.05, 3.63) is 64.1 Å². The second kappa shape index (κ2) is 8.31. The quantitative estimate of drug-likeness (QED) is 0.329. The number of urea groups is 1. The number of imide groups is 1. The van der Waals surface area contributed by atoms with E-state index in [1.54, 1.807) is 36.1 Å². The number of amides is 3. The monoisotopic (exact) mass is 545 g/mol. The van der Waals surface area contributed by atoms with Crippen molar-refractivity contribution in [2.75, 3.05) is 6.54 Å². The van der Waals surface area contributed by atoms with Gasteiger partial charge in [-0.25, -0.2) is 0 Å². The number of halogens is 2. The van der Waals surface area contributed by atoms with Crippen molar-refractivity contribution >= 4 is 49.1 Å². The van der Waals surface area contributed by atoms with Gasteiger partial charge in [-0.1, -0.05) is 0 Å². The van der Waals surface area contributed by atoms with Crippen LogP contribution in [0.5, 0.6) is 5.75 Å². The van der Waals surface area contributed by atoms with Gasteiger partial charge in [0.2, 0.25) is 0 Å². The summed E-state index contributed by atoms with van der Waals surface area (Å²) in [6.07, 6.45) is 0.294. The van der Waals surface area contributed by atoms with Gasteiger partial charge in [-0.3, -0.25) is 0 Å². The van der Waals surface area contributed by atoms with Gasteiger partial charge in [0.15, 0.2) is 0 Å². The van der Waals surface area contributed by atoms with E-state index < -0.39 is 32.0 Å². The number of aromatic hydroxyl groups is 1. The number of carbonyl (C=O) groups is 2. The van der Waals surface area contributed by atoms with Crippen LogP contribution in [0.1, 0.15) is 36.7 Å². The Bertz CT molecular complexity index is 1330. The third-order valence-corrected chi connectivity index (χ3v) is 11.7. The zero-order valence-electron chi connectivity index (χ0n) is 19.2. The second-order valence-electron chi connectivity index (χ2n) is 9.28.